The molecule has 0 saturated carbocycles. The van der Waals surface area contributed by atoms with E-state index in [4.69, 9.17) is 16.3 Å². The second-order valence-corrected chi connectivity index (χ2v) is 6.28. The van der Waals surface area contributed by atoms with Gasteiger partial charge in [0.05, 0.1) is 11.2 Å². The first-order chi connectivity index (χ1) is 10.6. The maximum absolute atomic E-state index is 6.33. The van der Waals surface area contributed by atoms with Crippen LogP contribution in [0.3, 0.4) is 0 Å². The van der Waals surface area contributed by atoms with E-state index in [1.807, 2.05) is 24.3 Å². The largest absolute Gasteiger partial charge is 0.487 e. The zero-order chi connectivity index (χ0) is 15.7. The Labute approximate surface area is 136 Å². The van der Waals surface area contributed by atoms with Gasteiger partial charge in [-0.1, -0.05) is 29.8 Å². The average Bonchev–Trinajstić information content (AvgIpc) is 2.85. The fourth-order valence-electron chi connectivity index (χ4n) is 2.85. The predicted molar refractivity (Wildman–Crippen MR) is 92.8 cm³/mol. The van der Waals surface area contributed by atoms with Gasteiger partial charge in [-0.3, -0.25) is 0 Å². The Morgan fingerprint density at radius 3 is 2.59 bits per heavy atom. The first kappa shape index (κ1) is 15.0. The third kappa shape index (κ3) is 2.84. The van der Waals surface area contributed by atoms with Crippen LogP contribution in [0.5, 0.6) is 5.75 Å². The van der Waals surface area contributed by atoms with E-state index in [0.29, 0.717) is 12.6 Å². The molecule has 3 rings (SSSR count). The number of aryl methyl sites for hydroxylation is 1. The third-order valence-corrected chi connectivity index (χ3v) is 4.13. The molecule has 2 aromatic carbocycles. The Morgan fingerprint density at radius 2 is 1.86 bits per heavy atom. The standard InChI is InChI=1S/C19H20ClNO/c1-13(2)21-15(11-17-18(20)8-5-9-19(17)21)12-22-16-7-4-6-14(3)10-16/h4-11,13H,12H2,1-3H3. The molecule has 0 atom stereocenters. The van der Waals surface area contributed by atoms with Gasteiger partial charge in [0, 0.05) is 16.5 Å². The Balaban J connectivity index is 1.96. The minimum absolute atomic E-state index is 0.354. The number of benzene rings is 2. The van der Waals surface area contributed by atoms with E-state index in [1.165, 1.54) is 5.56 Å². The van der Waals surface area contributed by atoms with E-state index in [2.05, 4.69) is 49.6 Å². The molecule has 1 heterocycles. The van der Waals surface area contributed by atoms with Crippen LogP contribution in [-0.4, -0.2) is 4.57 Å². The average molecular weight is 314 g/mol. The van der Waals surface area contributed by atoms with E-state index in [0.717, 1.165) is 27.4 Å². The molecule has 0 aliphatic heterocycles. The SMILES string of the molecule is Cc1cccc(OCc2cc3c(Cl)cccc3n2C(C)C)c1. The number of hydrogen-bond acceptors (Lipinski definition) is 1. The van der Waals surface area contributed by atoms with Crippen LogP contribution in [0.4, 0.5) is 0 Å². The monoisotopic (exact) mass is 313 g/mol. The summed E-state index contributed by atoms with van der Waals surface area (Å²) in [7, 11) is 0. The van der Waals surface area contributed by atoms with Crippen LogP contribution in [0.15, 0.2) is 48.5 Å². The number of hydrogen-bond donors (Lipinski definition) is 0. The summed E-state index contributed by atoms with van der Waals surface area (Å²) in [6.45, 7) is 6.96. The van der Waals surface area contributed by atoms with Crippen molar-refractivity contribution >= 4 is 22.5 Å². The molecular weight excluding hydrogens is 294 g/mol. The summed E-state index contributed by atoms with van der Waals surface area (Å²) in [5.74, 6) is 0.895. The first-order valence-electron chi connectivity index (χ1n) is 7.54. The number of nitrogens with zero attached hydrogens (tertiary/aromatic N) is 1. The van der Waals surface area contributed by atoms with Crippen molar-refractivity contribution < 1.29 is 4.74 Å². The number of rotatable bonds is 4. The second kappa shape index (κ2) is 6.05. The topological polar surface area (TPSA) is 14.2 Å². The van der Waals surface area contributed by atoms with Gasteiger partial charge in [0.1, 0.15) is 12.4 Å². The zero-order valence-electron chi connectivity index (χ0n) is 13.1. The smallest absolute Gasteiger partial charge is 0.128 e. The van der Waals surface area contributed by atoms with Gasteiger partial charge in [0.2, 0.25) is 0 Å². The molecule has 0 amide bonds. The second-order valence-electron chi connectivity index (χ2n) is 5.88. The van der Waals surface area contributed by atoms with Crippen molar-refractivity contribution in [3.05, 3.63) is 64.8 Å². The summed E-state index contributed by atoms with van der Waals surface area (Å²) in [4.78, 5) is 0. The first-order valence-corrected chi connectivity index (χ1v) is 7.92. The fourth-order valence-corrected chi connectivity index (χ4v) is 3.08. The Bertz CT molecular complexity index is 804. The summed E-state index contributed by atoms with van der Waals surface area (Å²) in [6.07, 6.45) is 0. The molecule has 0 fully saturated rings. The van der Waals surface area contributed by atoms with Gasteiger partial charge >= 0.3 is 0 Å². The van der Waals surface area contributed by atoms with Gasteiger partial charge in [-0.2, -0.15) is 0 Å². The molecule has 0 spiro atoms. The molecule has 0 radical (unpaired) electrons. The van der Waals surface area contributed by atoms with Crippen LogP contribution < -0.4 is 4.74 Å². The number of aromatic nitrogens is 1. The van der Waals surface area contributed by atoms with E-state index >= 15 is 0 Å². The Kier molecular flexibility index (Phi) is 4.12. The van der Waals surface area contributed by atoms with Crippen LogP contribution in [0.25, 0.3) is 10.9 Å². The molecule has 3 heteroatoms. The Morgan fingerprint density at radius 1 is 1.09 bits per heavy atom. The fraction of sp³-hybridized carbons (Fsp3) is 0.263. The van der Waals surface area contributed by atoms with Crippen molar-refractivity contribution in [2.24, 2.45) is 0 Å². The van der Waals surface area contributed by atoms with Gasteiger partial charge in [0.25, 0.3) is 0 Å². The maximum Gasteiger partial charge on any atom is 0.128 e. The molecule has 0 N–H and O–H groups in total. The summed E-state index contributed by atoms with van der Waals surface area (Å²) >= 11 is 6.33. The van der Waals surface area contributed by atoms with Crippen LogP contribution >= 0.6 is 11.6 Å². The van der Waals surface area contributed by atoms with Crippen molar-refractivity contribution in [2.75, 3.05) is 0 Å². The van der Waals surface area contributed by atoms with Crippen molar-refractivity contribution in [3.63, 3.8) is 0 Å². The lowest BCUT2D eigenvalue weighted by atomic mass is 10.2. The van der Waals surface area contributed by atoms with Crippen molar-refractivity contribution in [2.45, 2.75) is 33.4 Å². The molecule has 0 saturated heterocycles. The van der Waals surface area contributed by atoms with Crippen molar-refractivity contribution in [3.8, 4) is 5.75 Å². The lowest BCUT2D eigenvalue weighted by Gasteiger charge is -2.15. The molecular formula is C19H20ClNO. The van der Waals surface area contributed by atoms with Gasteiger partial charge in [-0.15, -0.1) is 0 Å². The van der Waals surface area contributed by atoms with Crippen LogP contribution in [0.2, 0.25) is 5.02 Å². The van der Waals surface area contributed by atoms with Crippen LogP contribution in [0.1, 0.15) is 31.1 Å². The van der Waals surface area contributed by atoms with Gasteiger partial charge < -0.3 is 9.30 Å². The molecule has 0 aliphatic carbocycles. The van der Waals surface area contributed by atoms with E-state index < -0.39 is 0 Å². The number of ether oxygens (including phenoxy) is 1. The molecule has 114 valence electrons. The highest BCUT2D eigenvalue weighted by Gasteiger charge is 2.13. The molecule has 22 heavy (non-hydrogen) atoms. The predicted octanol–water partition coefficient (Wildman–Crippen LogP) is 5.76. The van der Waals surface area contributed by atoms with E-state index in [-0.39, 0.29) is 0 Å². The lowest BCUT2D eigenvalue weighted by molar-refractivity contribution is 0.293. The minimum Gasteiger partial charge on any atom is -0.487 e. The molecule has 3 aromatic rings. The quantitative estimate of drug-likeness (QED) is 0.597. The minimum atomic E-state index is 0.354. The summed E-state index contributed by atoms with van der Waals surface area (Å²) < 4.78 is 8.26. The van der Waals surface area contributed by atoms with Crippen LogP contribution in [0, 0.1) is 6.92 Å². The Hall–Kier alpha value is -1.93. The normalized spacial score (nSPS) is 11.3. The van der Waals surface area contributed by atoms with E-state index in [9.17, 15) is 0 Å². The molecule has 2 nitrogen and oxygen atoms in total. The van der Waals surface area contributed by atoms with E-state index in [1.54, 1.807) is 0 Å². The van der Waals surface area contributed by atoms with Gasteiger partial charge in [-0.05, 0) is 56.7 Å². The molecule has 1 aromatic heterocycles. The highest BCUT2D eigenvalue weighted by atomic mass is 35.5. The lowest BCUT2D eigenvalue weighted by Crippen LogP contribution is -2.08. The van der Waals surface area contributed by atoms with Gasteiger partial charge in [-0.25, -0.2) is 0 Å². The molecule has 0 unspecified atom stereocenters. The number of fused-ring (bicyclic) bond motifs is 1. The van der Waals surface area contributed by atoms with Gasteiger partial charge in [0.15, 0.2) is 0 Å². The molecule has 0 bridgehead atoms. The van der Waals surface area contributed by atoms with Crippen LogP contribution in [-0.2, 0) is 6.61 Å². The summed E-state index contributed by atoms with van der Waals surface area (Å²) in [5.41, 5.74) is 3.50. The maximum atomic E-state index is 6.33. The number of halogens is 1. The highest BCUT2D eigenvalue weighted by molar-refractivity contribution is 6.35. The third-order valence-electron chi connectivity index (χ3n) is 3.80. The summed E-state index contributed by atoms with van der Waals surface area (Å²) in [5, 5.41) is 1.87. The summed E-state index contributed by atoms with van der Waals surface area (Å²) in [6, 6.07) is 16.6. The zero-order valence-corrected chi connectivity index (χ0v) is 13.9. The molecule has 0 aliphatic rings. The van der Waals surface area contributed by atoms with Crippen molar-refractivity contribution in [1.29, 1.82) is 0 Å². The highest BCUT2D eigenvalue weighted by Crippen LogP contribution is 2.30. The van der Waals surface area contributed by atoms with Crippen molar-refractivity contribution in [1.82, 2.24) is 4.57 Å².